The van der Waals surface area contributed by atoms with E-state index >= 15 is 0 Å². The molecule has 2 atom stereocenters. The van der Waals surface area contributed by atoms with Gasteiger partial charge in [-0.25, -0.2) is 0 Å². The zero-order chi connectivity index (χ0) is 16.0. The molecule has 0 aliphatic carbocycles. The number of hydrogen-bond acceptors (Lipinski definition) is 4. The summed E-state index contributed by atoms with van der Waals surface area (Å²) in [6.45, 7) is 6.24. The van der Waals surface area contributed by atoms with Crippen LogP contribution in [0.4, 0.5) is 0 Å². The molecule has 5 heteroatoms. The molecule has 2 aromatic rings. The summed E-state index contributed by atoms with van der Waals surface area (Å²) in [6.07, 6.45) is 4.18. The molecule has 0 amide bonds. The van der Waals surface area contributed by atoms with Crippen molar-refractivity contribution in [2.45, 2.75) is 38.4 Å². The molecule has 1 aromatic heterocycles. The minimum Gasteiger partial charge on any atom is -0.464 e. The van der Waals surface area contributed by atoms with E-state index in [1.807, 2.05) is 0 Å². The van der Waals surface area contributed by atoms with Crippen LogP contribution in [0.2, 0.25) is 5.02 Å². The Bertz CT molecular complexity index is 788. The van der Waals surface area contributed by atoms with E-state index in [0.717, 1.165) is 18.7 Å². The van der Waals surface area contributed by atoms with Gasteiger partial charge >= 0.3 is 0 Å². The van der Waals surface area contributed by atoms with E-state index in [1.165, 1.54) is 19.4 Å². The topological polar surface area (TPSA) is 36.7 Å². The van der Waals surface area contributed by atoms with Crippen molar-refractivity contribution in [3.8, 4) is 0 Å². The molecule has 1 aromatic carbocycles. The maximum absolute atomic E-state index is 12.7. The van der Waals surface area contributed by atoms with Gasteiger partial charge in [0.2, 0.25) is 0 Å². The number of nitrogens with zero attached hydrogens (tertiary/aromatic N) is 2. The SMILES string of the molecule is C[C@@H]1CN2CCCC2CN1Cc1coc2ccc(Cl)cc2c1=O. The predicted molar refractivity (Wildman–Crippen MR) is 92.0 cm³/mol. The lowest BCUT2D eigenvalue weighted by Gasteiger charge is -2.42. The number of benzene rings is 1. The van der Waals surface area contributed by atoms with E-state index in [1.54, 1.807) is 24.5 Å². The molecule has 2 fully saturated rings. The molecule has 2 saturated heterocycles. The minimum absolute atomic E-state index is 0.0369. The van der Waals surface area contributed by atoms with Gasteiger partial charge in [0.1, 0.15) is 5.58 Å². The lowest BCUT2D eigenvalue weighted by atomic mass is 10.1. The molecule has 3 heterocycles. The van der Waals surface area contributed by atoms with Crippen molar-refractivity contribution in [2.75, 3.05) is 19.6 Å². The highest BCUT2D eigenvalue weighted by Gasteiger charge is 2.34. The average molecular weight is 333 g/mol. The van der Waals surface area contributed by atoms with Crippen molar-refractivity contribution in [2.24, 2.45) is 0 Å². The molecule has 0 spiro atoms. The molecule has 122 valence electrons. The number of piperazine rings is 1. The average Bonchev–Trinajstić information content (AvgIpc) is 2.98. The summed E-state index contributed by atoms with van der Waals surface area (Å²) in [4.78, 5) is 17.7. The number of hydrogen-bond donors (Lipinski definition) is 0. The van der Waals surface area contributed by atoms with Crippen molar-refractivity contribution in [1.29, 1.82) is 0 Å². The fourth-order valence-corrected chi connectivity index (χ4v) is 4.11. The third-order valence-electron chi connectivity index (χ3n) is 5.25. The highest BCUT2D eigenvalue weighted by molar-refractivity contribution is 6.31. The van der Waals surface area contributed by atoms with E-state index in [9.17, 15) is 4.79 Å². The smallest absolute Gasteiger partial charge is 0.197 e. The Morgan fingerprint density at radius 1 is 1.35 bits per heavy atom. The molecule has 4 rings (SSSR count). The van der Waals surface area contributed by atoms with Crippen molar-refractivity contribution in [3.63, 3.8) is 0 Å². The summed E-state index contributed by atoms with van der Waals surface area (Å²) in [5.74, 6) is 0. The Morgan fingerprint density at radius 3 is 3.09 bits per heavy atom. The molecule has 0 saturated carbocycles. The predicted octanol–water partition coefficient (Wildman–Crippen LogP) is 3.11. The summed E-state index contributed by atoms with van der Waals surface area (Å²) in [5.41, 5.74) is 1.35. The van der Waals surface area contributed by atoms with Gasteiger partial charge in [-0.3, -0.25) is 14.6 Å². The molecule has 0 N–H and O–H groups in total. The van der Waals surface area contributed by atoms with Crippen molar-refractivity contribution < 1.29 is 4.42 Å². The highest BCUT2D eigenvalue weighted by atomic mass is 35.5. The van der Waals surface area contributed by atoms with Gasteiger partial charge in [0.25, 0.3) is 0 Å². The van der Waals surface area contributed by atoms with E-state index in [4.69, 9.17) is 16.0 Å². The molecular formula is C18H21ClN2O2. The number of rotatable bonds is 2. The molecule has 1 unspecified atom stereocenters. The van der Waals surface area contributed by atoms with E-state index in [2.05, 4.69) is 16.7 Å². The van der Waals surface area contributed by atoms with Gasteiger partial charge in [0.05, 0.1) is 11.6 Å². The standard InChI is InChI=1S/C18H21ClN2O2/c1-12-8-20-6-2-3-15(20)10-21(12)9-13-11-23-17-5-4-14(19)7-16(17)18(13)22/h4-5,7,11-12,15H,2-3,6,8-10H2,1H3/t12-,15?/m1/s1. The number of halogens is 1. The van der Waals surface area contributed by atoms with Crippen LogP contribution in [-0.2, 0) is 6.54 Å². The van der Waals surface area contributed by atoms with E-state index < -0.39 is 0 Å². The zero-order valence-corrected chi connectivity index (χ0v) is 14.1. The van der Waals surface area contributed by atoms with Crippen molar-refractivity contribution in [3.05, 3.63) is 45.3 Å². The second kappa shape index (κ2) is 5.93. The van der Waals surface area contributed by atoms with Crippen molar-refractivity contribution in [1.82, 2.24) is 9.80 Å². The van der Waals surface area contributed by atoms with Crippen LogP contribution in [0.3, 0.4) is 0 Å². The van der Waals surface area contributed by atoms with Gasteiger partial charge in [-0.15, -0.1) is 0 Å². The van der Waals surface area contributed by atoms with Crippen LogP contribution in [0.25, 0.3) is 11.0 Å². The monoisotopic (exact) mass is 332 g/mol. The van der Waals surface area contributed by atoms with Crippen LogP contribution in [0.1, 0.15) is 25.3 Å². The fraction of sp³-hybridized carbons (Fsp3) is 0.500. The van der Waals surface area contributed by atoms with Crippen LogP contribution < -0.4 is 5.43 Å². The summed E-state index contributed by atoms with van der Waals surface area (Å²) >= 11 is 6.02. The Hall–Kier alpha value is -1.36. The highest BCUT2D eigenvalue weighted by Crippen LogP contribution is 2.25. The Morgan fingerprint density at radius 2 is 2.22 bits per heavy atom. The summed E-state index contributed by atoms with van der Waals surface area (Å²) in [6, 6.07) is 6.30. The Balaban J connectivity index is 1.62. The molecule has 0 radical (unpaired) electrons. The van der Waals surface area contributed by atoms with Gasteiger partial charge in [0.15, 0.2) is 5.43 Å². The molecule has 0 bridgehead atoms. The third-order valence-corrected chi connectivity index (χ3v) is 5.48. The van der Waals surface area contributed by atoms with Gasteiger partial charge in [-0.2, -0.15) is 0 Å². The first kappa shape index (κ1) is 15.2. The first-order valence-corrected chi connectivity index (χ1v) is 8.67. The quantitative estimate of drug-likeness (QED) is 0.846. The van der Waals surface area contributed by atoms with Gasteiger partial charge < -0.3 is 4.42 Å². The molecule has 4 nitrogen and oxygen atoms in total. The van der Waals surface area contributed by atoms with Crippen LogP contribution in [0.15, 0.2) is 33.7 Å². The second-order valence-corrected chi connectivity index (χ2v) is 7.24. The van der Waals surface area contributed by atoms with Gasteiger partial charge in [-0.1, -0.05) is 11.6 Å². The first-order chi connectivity index (χ1) is 11.1. The molecular weight excluding hydrogens is 312 g/mol. The largest absolute Gasteiger partial charge is 0.464 e. The third kappa shape index (κ3) is 2.80. The summed E-state index contributed by atoms with van der Waals surface area (Å²) in [7, 11) is 0. The maximum Gasteiger partial charge on any atom is 0.197 e. The molecule has 23 heavy (non-hydrogen) atoms. The minimum atomic E-state index is 0.0369. The second-order valence-electron chi connectivity index (χ2n) is 6.80. The fourth-order valence-electron chi connectivity index (χ4n) is 3.94. The maximum atomic E-state index is 12.7. The lowest BCUT2D eigenvalue weighted by Crippen LogP contribution is -2.54. The van der Waals surface area contributed by atoms with Crippen molar-refractivity contribution >= 4 is 22.6 Å². The Kier molecular flexibility index (Phi) is 3.92. The lowest BCUT2D eigenvalue weighted by molar-refractivity contribution is 0.0535. The van der Waals surface area contributed by atoms with Crippen LogP contribution >= 0.6 is 11.6 Å². The van der Waals surface area contributed by atoms with E-state index in [-0.39, 0.29) is 5.43 Å². The van der Waals surface area contributed by atoms with Crippen LogP contribution in [0.5, 0.6) is 0 Å². The van der Waals surface area contributed by atoms with Gasteiger partial charge in [0, 0.05) is 42.3 Å². The molecule has 2 aliphatic heterocycles. The van der Waals surface area contributed by atoms with Gasteiger partial charge in [-0.05, 0) is 44.5 Å². The zero-order valence-electron chi connectivity index (χ0n) is 13.3. The van der Waals surface area contributed by atoms with Crippen LogP contribution in [0, 0.1) is 0 Å². The Labute approximate surface area is 140 Å². The molecule has 2 aliphatic rings. The first-order valence-electron chi connectivity index (χ1n) is 8.30. The van der Waals surface area contributed by atoms with Crippen LogP contribution in [-0.4, -0.2) is 41.5 Å². The summed E-state index contributed by atoms with van der Waals surface area (Å²) < 4.78 is 5.65. The van der Waals surface area contributed by atoms with E-state index in [0.29, 0.717) is 34.6 Å². The summed E-state index contributed by atoms with van der Waals surface area (Å²) in [5, 5.41) is 1.14. The normalized spacial score (nSPS) is 25.8. The number of fused-ring (bicyclic) bond motifs is 2.